The first-order valence-electron chi connectivity index (χ1n) is 10.1. The van der Waals surface area contributed by atoms with Gasteiger partial charge in [0.1, 0.15) is 24.6 Å². The largest absolute Gasteiger partial charge is 0.489 e. The zero-order valence-electron chi connectivity index (χ0n) is 16.8. The SMILES string of the molecule is C[C@]12CC/C(=C\N3CCOC3=O)[C@](C)(O1)c1ccc(OCc3ccccc3)cc12. The minimum atomic E-state index is -0.539. The second-order valence-electron chi connectivity index (χ2n) is 8.31. The predicted molar refractivity (Wildman–Crippen MR) is 108 cm³/mol. The van der Waals surface area contributed by atoms with Gasteiger partial charge in [0.25, 0.3) is 0 Å². The lowest BCUT2D eigenvalue weighted by molar-refractivity contribution is -0.130. The van der Waals surface area contributed by atoms with Crippen LogP contribution < -0.4 is 4.74 Å². The van der Waals surface area contributed by atoms with Crippen molar-refractivity contribution >= 4 is 6.09 Å². The minimum Gasteiger partial charge on any atom is -0.489 e. The summed E-state index contributed by atoms with van der Waals surface area (Å²) in [4.78, 5) is 13.6. The van der Waals surface area contributed by atoms with E-state index in [1.807, 2.05) is 30.5 Å². The van der Waals surface area contributed by atoms with Gasteiger partial charge < -0.3 is 14.2 Å². The van der Waals surface area contributed by atoms with Gasteiger partial charge in [-0.15, -0.1) is 0 Å². The molecular formula is C24H25NO4. The van der Waals surface area contributed by atoms with Crippen molar-refractivity contribution in [3.05, 3.63) is 77.0 Å². The maximum Gasteiger partial charge on any atom is 0.413 e. The van der Waals surface area contributed by atoms with E-state index >= 15 is 0 Å². The summed E-state index contributed by atoms with van der Waals surface area (Å²) in [6.45, 7) is 5.83. The van der Waals surface area contributed by atoms with Crippen molar-refractivity contribution in [1.29, 1.82) is 0 Å². The number of rotatable bonds is 4. The van der Waals surface area contributed by atoms with Crippen molar-refractivity contribution in [3.63, 3.8) is 0 Å². The van der Waals surface area contributed by atoms with Crippen molar-refractivity contribution in [1.82, 2.24) is 4.90 Å². The maximum atomic E-state index is 11.9. The molecule has 29 heavy (non-hydrogen) atoms. The van der Waals surface area contributed by atoms with Crippen LogP contribution in [0, 0.1) is 0 Å². The highest BCUT2D eigenvalue weighted by molar-refractivity contribution is 5.71. The van der Waals surface area contributed by atoms with Crippen LogP contribution in [0.15, 0.2) is 60.3 Å². The molecule has 150 valence electrons. The average Bonchev–Trinajstić information content (AvgIpc) is 3.21. The molecule has 0 aliphatic carbocycles. The molecule has 5 heteroatoms. The fraction of sp³-hybridized carbons (Fsp3) is 0.375. The highest BCUT2D eigenvalue weighted by atomic mass is 16.6. The maximum absolute atomic E-state index is 11.9. The van der Waals surface area contributed by atoms with Crippen molar-refractivity contribution in [2.45, 2.75) is 44.5 Å². The first-order valence-corrected chi connectivity index (χ1v) is 10.1. The summed E-state index contributed by atoms with van der Waals surface area (Å²) < 4.78 is 17.7. The van der Waals surface area contributed by atoms with Gasteiger partial charge in [0.15, 0.2) is 0 Å². The molecule has 2 fully saturated rings. The van der Waals surface area contributed by atoms with Gasteiger partial charge in [-0.2, -0.15) is 0 Å². The van der Waals surface area contributed by atoms with E-state index in [2.05, 4.69) is 38.1 Å². The van der Waals surface area contributed by atoms with E-state index in [1.165, 1.54) is 5.56 Å². The van der Waals surface area contributed by atoms with Gasteiger partial charge >= 0.3 is 6.09 Å². The normalized spacial score (nSPS) is 29.1. The molecule has 5 nitrogen and oxygen atoms in total. The highest BCUT2D eigenvalue weighted by Crippen LogP contribution is 2.58. The van der Waals surface area contributed by atoms with E-state index in [4.69, 9.17) is 14.2 Å². The molecule has 0 N–H and O–H groups in total. The molecule has 3 aliphatic rings. The Morgan fingerprint density at radius 1 is 1.14 bits per heavy atom. The molecular weight excluding hydrogens is 366 g/mol. The lowest BCUT2D eigenvalue weighted by Crippen LogP contribution is -2.36. The van der Waals surface area contributed by atoms with Gasteiger partial charge in [0.05, 0.1) is 12.1 Å². The third kappa shape index (κ3) is 3.01. The van der Waals surface area contributed by atoms with E-state index in [-0.39, 0.29) is 11.7 Å². The number of carbonyl (C=O) groups is 1. The van der Waals surface area contributed by atoms with Gasteiger partial charge in [-0.05, 0) is 61.1 Å². The van der Waals surface area contributed by atoms with Crippen LogP contribution >= 0.6 is 0 Å². The number of cyclic esters (lactones) is 1. The molecule has 2 aromatic carbocycles. The molecule has 0 saturated carbocycles. The van der Waals surface area contributed by atoms with Crippen LogP contribution in [0.1, 0.15) is 43.4 Å². The summed E-state index contributed by atoms with van der Waals surface area (Å²) in [6, 6.07) is 16.4. The fourth-order valence-electron chi connectivity index (χ4n) is 4.70. The van der Waals surface area contributed by atoms with E-state index in [1.54, 1.807) is 4.90 Å². The molecule has 2 aromatic rings. The number of nitrogens with zero attached hydrogens (tertiary/aromatic N) is 1. The number of carbonyl (C=O) groups excluding carboxylic acids is 1. The second kappa shape index (κ2) is 6.63. The Balaban J connectivity index is 1.45. The zero-order chi connectivity index (χ0) is 20.1. The van der Waals surface area contributed by atoms with Crippen molar-refractivity contribution in [2.75, 3.05) is 13.2 Å². The van der Waals surface area contributed by atoms with Crippen LogP contribution in [-0.2, 0) is 27.3 Å². The molecule has 0 aromatic heterocycles. The van der Waals surface area contributed by atoms with Crippen LogP contribution in [0.5, 0.6) is 5.75 Å². The third-order valence-electron chi connectivity index (χ3n) is 6.34. The predicted octanol–water partition coefficient (Wildman–Crippen LogP) is 4.86. The number of fused-ring (bicyclic) bond motifs is 5. The Labute approximate surface area is 170 Å². The Morgan fingerprint density at radius 3 is 2.72 bits per heavy atom. The number of ether oxygens (including phenoxy) is 3. The Morgan fingerprint density at radius 2 is 1.97 bits per heavy atom. The van der Waals surface area contributed by atoms with Crippen LogP contribution in [0.2, 0.25) is 0 Å². The molecule has 0 radical (unpaired) electrons. The van der Waals surface area contributed by atoms with Crippen LogP contribution in [0.3, 0.4) is 0 Å². The lowest BCUT2D eigenvalue weighted by atomic mass is 9.86. The summed E-state index contributed by atoms with van der Waals surface area (Å²) in [7, 11) is 0. The standard InChI is InChI=1S/C24H25NO4/c1-23-11-10-18(15-25-12-13-27-22(25)26)24(2,29-23)20-9-8-19(14-21(20)23)28-16-17-6-4-3-5-7-17/h3-9,14-15H,10-13,16H2,1-2H3/b18-15+/t23-,24+/m1/s1. The lowest BCUT2D eigenvalue weighted by Gasteiger charge is -2.39. The number of hydrogen-bond acceptors (Lipinski definition) is 4. The van der Waals surface area contributed by atoms with E-state index in [0.29, 0.717) is 19.8 Å². The number of amides is 1. The van der Waals surface area contributed by atoms with Crippen molar-refractivity contribution in [3.8, 4) is 5.75 Å². The summed E-state index contributed by atoms with van der Waals surface area (Å²) in [5, 5.41) is 0. The third-order valence-corrected chi connectivity index (χ3v) is 6.34. The Bertz CT molecular complexity index is 986. The van der Waals surface area contributed by atoms with Crippen LogP contribution in [0.25, 0.3) is 0 Å². The van der Waals surface area contributed by atoms with Gasteiger partial charge in [-0.3, -0.25) is 4.90 Å². The molecule has 2 saturated heterocycles. The average molecular weight is 391 g/mol. The topological polar surface area (TPSA) is 48.0 Å². The number of hydrogen-bond donors (Lipinski definition) is 0. The van der Waals surface area contributed by atoms with E-state index < -0.39 is 5.60 Å². The van der Waals surface area contributed by atoms with Gasteiger partial charge in [-0.1, -0.05) is 36.4 Å². The summed E-state index contributed by atoms with van der Waals surface area (Å²) in [5.74, 6) is 0.849. The highest BCUT2D eigenvalue weighted by Gasteiger charge is 2.54. The summed E-state index contributed by atoms with van der Waals surface area (Å²) in [6.07, 6.45) is 3.40. The summed E-state index contributed by atoms with van der Waals surface area (Å²) in [5.41, 5.74) is 3.71. The van der Waals surface area contributed by atoms with Crippen LogP contribution in [-0.4, -0.2) is 24.1 Å². The van der Waals surface area contributed by atoms with Crippen molar-refractivity contribution < 1.29 is 19.0 Å². The molecule has 0 unspecified atom stereocenters. The molecule has 3 aliphatic heterocycles. The first kappa shape index (κ1) is 18.3. The smallest absolute Gasteiger partial charge is 0.413 e. The van der Waals surface area contributed by atoms with Gasteiger partial charge in [-0.25, -0.2) is 4.79 Å². The molecule has 2 atom stereocenters. The first-order chi connectivity index (χ1) is 14.0. The zero-order valence-corrected chi connectivity index (χ0v) is 16.8. The van der Waals surface area contributed by atoms with Crippen molar-refractivity contribution in [2.24, 2.45) is 0 Å². The summed E-state index contributed by atoms with van der Waals surface area (Å²) >= 11 is 0. The monoisotopic (exact) mass is 391 g/mol. The van der Waals surface area contributed by atoms with E-state index in [0.717, 1.165) is 35.3 Å². The second-order valence-corrected chi connectivity index (χ2v) is 8.31. The molecule has 1 amide bonds. The Kier molecular flexibility index (Phi) is 4.17. The Hall–Kier alpha value is -2.79. The molecule has 2 bridgehead atoms. The van der Waals surface area contributed by atoms with E-state index in [9.17, 15) is 4.79 Å². The fourth-order valence-corrected chi connectivity index (χ4v) is 4.70. The van der Waals surface area contributed by atoms with Gasteiger partial charge in [0.2, 0.25) is 0 Å². The van der Waals surface area contributed by atoms with Crippen LogP contribution in [0.4, 0.5) is 4.79 Å². The minimum absolute atomic E-state index is 0.280. The molecule has 3 heterocycles. The van der Waals surface area contributed by atoms with Gasteiger partial charge in [0, 0.05) is 6.20 Å². The number of benzene rings is 2. The molecule has 0 spiro atoms. The quantitative estimate of drug-likeness (QED) is 0.747. The molecule has 5 rings (SSSR count).